The van der Waals surface area contributed by atoms with Gasteiger partial charge in [0.05, 0.1) is 6.61 Å². The predicted molar refractivity (Wildman–Crippen MR) is 113 cm³/mol. The highest BCUT2D eigenvalue weighted by Gasteiger charge is 2.44. The molecule has 0 aromatic heterocycles. The Morgan fingerprint density at radius 3 is 2.23 bits per heavy atom. The van der Waals surface area contributed by atoms with Crippen LogP contribution in [0.3, 0.4) is 0 Å². The highest BCUT2D eigenvalue weighted by molar-refractivity contribution is 8.14. The first-order valence-electron chi connectivity index (χ1n) is 9.55. The molecule has 0 saturated carbocycles. The van der Waals surface area contributed by atoms with Gasteiger partial charge in [0.1, 0.15) is 34.9 Å². The van der Waals surface area contributed by atoms with Crippen LogP contribution in [0.1, 0.15) is 44.9 Å². The van der Waals surface area contributed by atoms with Crippen LogP contribution in [-0.2, 0) is 30.2 Å². The number of unbranched alkanes of at least 4 members (excludes halogenated alkanes) is 5. The molecule has 1 aliphatic rings. The summed E-state index contributed by atoms with van der Waals surface area (Å²) in [5.74, 6) is 0.680. The molecule has 11 nitrogen and oxygen atoms in total. The lowest BCUT2D eigenvalue weighted by atomic mass is 10.0. The molecule has 6 atom stereocenters. The molecule has 6 unspecified atom stereocenters. The quantitative estimate of drug-likeness (QED) is 0.0750. The van der Waals surface area contributed by atoms with Crippen molar-refractivity contribution in [3.63, 3.8) is 0 Å². The summed E-state index contributed by atoms with van der Waals surface area (Å²) in [6, 6.07) is 0. The van der Waals surface area contributed by atoms with E-state index in [1.807, 2.05) is 0 Å². The van der Waals surface area contributed by atoms with Gasteiger partial charge >= 0.3 is 10.4 Å². The third-order valence-corrected chi connectivity index (χ3v) is 6.71. The number of nitrogens with zero attached hydrogens (tertiary/aromatic N) is 1. The van der Waals surface area contributed by atoms with Gasteiger partial charge in [0.2, 0.25) is 0 Å². The highest BCUT2D eigenvalue weighted by atomic mass is 32.3. The molecule has 1 rings (SSSR count). The van der Waals surface area contributed by atoms with Crippen LogP contribution in [0.15, 0.2) is 5.16 Å². The minimum atomic E-state index is -4.82. The van der Waals surface area contributed by atoms with Gasteiger partial charge in [-0.25, -0.2) is 4.28 Å². The van der Waals surface area contributed by atoms with E-state index in [4.69, 9.17) is 9.29 Å². The third-order valence-electron chi connectivity index (χ3n) is 4.41. The number of aliphatic hydroxyl groups excluding tert-OH is 4. The first-order chi connectivity index (χ1) is 14.0. The summed E-state index contributed by atoms with van der Waals surface area (Å²) in [5, 5.41) is 42.5. The molecule has 0 amide bonds. The number of aliphatic hydroxyl groups is 4. The van der Waals surface area contributed by atoms with E-state index >= 15 is 0 Å². The maximum Gasteiger partial charge on any atom is 0.466 e. The van der Waals surface area contributed by atoms with E-state index in [9.17, 15) is 33.1 Å². The van der Waals surface area contributed by atoms with Crippen molar-refractivity contribution < 1.29 is 46.6 Å². The molecule has 14 heteroatoms. The molecule has 178 valence electrons. The molecule has 5 N–H and O–H groups in total. The van der Waals surface area contributed by atoms with Crippen molar-refractivity contribution >= 4 is 38.0 Å². The van der Waals surface area contributed by atoms with Crippen LogP contribution in [0.5, 0.6) is 0 Å². The zero-order valence-corrected chi connectivity index (χ0v) is 19.1. The summed E-state index contributed by atoms with van der Waals surface area (Å²) < 4.78 is 50.8. The van der Waals surface area contributed by atoms with Gasteiger partial charge in [-0.3, -0.25) is 8.76 Å². The largest absolute Gasteiger partial charge is 0.466 e. The number of hydrogen-bond donors (Lipinski definition) is 5. The van der Waals surface area contributed by atoms with Crippen molar-refractivity contribution in [2.75, 3.05) is 18.6 Å². The first kappa shape index (κ1) is 27.7. The third kappa shape index (κ3) is 10.8. The van der Waals surface area contributed by atoms with E-state index in [2.05, 4.69) is 9.44 Å². The van der Waals surface area contributed by atoms with E-state index < -0.39 is 57.7 Å². The summed E-state index contributed by atoms with van der Waals surface area (Å²) in [6.45, 7) is -0.596. The van der Waals surface area contributed by atoms with Gasteiger partial charge in [-0.2, -0.15) is 8.42 Å². The summed E-state index contributed by atoms with van der Waals surface area (Å²) >= 11 is 0.776. The Morgan fingerprint density at radius 1 is 1.07 bits per heavy atom. The molecule has 0 aliphatic carbocycles. The average Bonchev–Trinajstić information content (AvgIpc) is 2.67. The molecule has 30 heavy (non-hydrogen) atoms. The first-order valence-corrected chi connectivity index (χ1v) is 13.5. The standard InChI is InChI=1S/C16H31NO10S3/c1-29(22)9-7-5-3-2-4-6-8-12(17-27-30(23,24)25)28-16-15(21)14(20)13(19)11(10-18)26-16/h11,13-16,18-21H,2-10H2,1H3,(H,23,24,25)/b17-12-. The lowest BCUT2D eigenvalue weighted by Crippen LogP contribution is -2.57. The fourth-order valence-corrected chi connectivity index (χ4v) is 4.75. The fourth-order valence-electron chi connectivity index (χ4n) is 2.80. The number of ether oxygens (including phenoxy) is 1. The summed E-state index contributed by atoms with van der Waals surface area (Å²) in [6.07, 6.45) is 1.35. The molecule has 0 aromatic rings. The SMILES string of the molecule is CS(=O)CCCCCCCC/C(=N/OS(=O)(=O)O)SC1OC(CO)C(O)C(O)C1O. The minimum Gasteiger partial charge on any atom is -0.394 e. The highest BCUT2D eigenvalue weighted by Crippen LogP contribution is 2.30. The Balaban J connectivity index is 2.58. The van der Waals surface area contributed by atoms with Gasteiger partial charge in [-0.05, 0) is 19.3 Å². The maximum absolute atomic E-state index is 11.0. The van der Waals surface area contributed by atoms with Crippen LogP contribution < -0.4 is 0 Å². The van der Waals surface area contributed by atoms with Crippen LogP contribution in [-0.4, -0.2) is 91.1 Å². The number of thioether (sulfide) groups is 1. The van der Waals surface area contributed by atoms with Crippen LogP contribution in [0.2, 0.25) is 0 Å². The fraction of sp³-hybridized carbons (Fsp3) is 0.938. The van der Waals surface area contributed by atoms with Gasteiger partial charge in [0.15, 0.2) is 0 Å². The Hall–Kier alpha value is -0.320. The number of hydrogen-bond acceptors (Lipinski definition) is 11. The maximum atomic E-state index is 11.0. The van der Waals surface area contributed by atoms with Crippen molar-refractivity contribution in [1.29, 1.82) is 0 Å². The Labute approximate surface area is 183 Å². The van der Waals surface area contributed by atoms with Gasteiger partial charge in [-0.15, -0.1) is 0 Å². The molecule has 1 saturated heterocycles. The molecular weight excluding hydrogens is 462 g/mol. The molecule has 1 aliphatic heterocycles. The van der Waals surface area contributed by atoms with E-state index in [1.54, 1.807) is 6.26 Å². The molecule has 0 bridgehead atoms. The summed E-state index contributed by atoms with van der Waals surface area (Å²) in [7, 11) is -5.61. The zero-order valence-electron chi connectivity index (χ0n) is 16.7. The van der Waals surface area contributed by atoms with Crippen LogP contribution in [0.25, 0.3) is 0 Å². The van der Waals surface area contributed by atoms with Crippen molar-refractivity contribution in [2.45, 2.75) is 74.8 Å². The molecular formula is C16H31NO10S3. The predicted octanol–water partition coefficient (Wildman–Crippen LogP) is -0.238. The molecule has 1 fully saturated rings. The van der Waals surface area contributed by atoms with Crippen molar-refractivity contribution in [3.8, 4) is 0 Å². The van der Waals surface area contributed by atoms with Crippen molar-refractivity contribution in [2.24, 2.45) is 5.16 Å². The molecule has 0 spiro atoms. The van der Waals surface area contributed by atoms with Crippen LogP contribution in [0.4, 0.5) is 0 Å². The second-order valence-electron chi connectivity index (χ2n) is 6.95. The Kier molecular flexibility index (Phi) is 12.9. The van der Waals surface area contributed by atoms with E-state index in [-0.39, 0.29) is 11.5 Å². The van der Waals surface area contributed by atoms with E-state index in [0.29, 0.717) is 12.2 Å². The number of rotatable bonds is 13. The molecule has 1 heterocycles. The van der Waals surface area contributed by atoms with Gasteiger partial charge < -0.3 is 25.2 Å². The topological polar surface area (TPSA) is 183 Å². The van der Waals surface area contributed by atoms with Crippen LogP contribution >= 0.6 is 11.8 Å². The lowest BCUT2D eigenvalue weighted by molar-refractivity contribution is -0.205. The zero-order chi connectivity index (χ0) is 22.7. The van der Waals surface area contributed by atoms with Gasteiger partial charge in [0.25, 0.3) is 0 Å². The van der Waals surface area contributed by atoms with E-state index in [1.165, 1.54) is 0 Å². The van der Waals surface area contributed by atoms with Gasteiger partial charge in [0, 0.05) is 22.8 Å². The monoisotopic (exact) mass is 493 g/mol. The normalized spacial score (nSPS) is 29.0. The molecule has 0 aromatic carbocycles. The minimum absolute atomic E-state index is 0.0957. The lowest BCUT2D eigenvalue weighted by Gasteiger charge is -2.39. The Morgan fingerprint density at radius 2 is 1.67 bits per heavy atom. The van der Waals surface area contributed by atoms with Crippen molar-refractivity contribution in [1.82, 2.24) is 0 Å². The smallest absolute Gasteiger partial charge is 0.394 e. The summed E-state index contributed by atoms with van der Waals surface area (Å²) in [4.78, 5) is 0. The number of oxime groups is 1. The second kappa shape index (κ2) is 14.0. The van der Waals surface area contributed by atoms with Gasteiger partial charge in [-0.1, -0.05) is 42.6 Å². The Bertz CT molecular complexity index is 658. The van der Waals surface area contributed by atoms with Crippen LogP contribution in [0, 0.1) is 0 Å². The van der Waals surface area contributed by atoms with E-state index in [0.717, 1.165) is 43.9 Å². The summed E-state index contributed by atoms with van der Waals surface area (Å²) in [5.41, 5.74) is -1.14. The second-order valence-corrected chi connectivity index (χ2v) is 10.7. The van der Waals surface area contributed by atoms with Crippen molar-refractivity contribution in [3.05, 3.63) is 0 Å². The molecule has 0 radical (unpaired) electrons. The average molecular weight is 494 g/mol.